The number of carbonyl (C=O) groups is 1. The molecule has 5 heteroatoms. The standard InChI is InChI=1S/C13H18N4O/c1-5-17(4)13(18)10(3)16-12-11(8-14)9(2)6-7-15-12/h6-7,10H,5H2,1-4H3,(H,15,16). The second-order valence-electron chi connectivity index (χ2n) is 4.18. The molecule has 0 radical (unpaired) electrons. The molecular formula is C13H18N4O. The molecule has 0 bridgehead atoms. The van der Waals surface area contributed by atoms with Crippen LogP contribution in [0.1, 0.15) is 25.0 Å². The van der Waals surface area contributed by atoms with Crippen molar-refractivity contribution >= 4 is 11.7 Å². The maximum atomic E-state index is 11.9. The van der Waals surface area contributed by atoms with Crippen LogP contribution >= 0.6 is 0 Å². The number of nitrogens with zero attached hydrogens (tertiary/aromatic N) is 3. The third-order valence-corrected chi connectivity index (χ3v) is 2.85. The fraction of sp³-hybridized carbons (Fsp3) is 0.462. The van der Waals surface area contributed by atoms with Gasteiger partial charge in [-0.05, 0) is 32.4 Å². The molecule has 0 fully saturated rings. The molecule has 1 heterocycles. The number of amides is 1. The zero-order valence-corrected chi connectivity index (χ0v) is 11.2. The Hall–Kier alpha value is -2.09. The van der Waals surface area contributed by atoms with E-state index in [1.165, 1.54) is 0 Å². The molecule has 96 valence electrons. The minimum atomic E-state index is -0.406. The van der Waals surface area contributed by atoms with Gasteiger partial charge < -0.3 is 10.2 Å². The molecule has 0 saturated heterocycles. The predicted molar refractivity (Wildman–Crippen MR) is 70.1 cm³/mol. The Labute approximate surface area is 107 Å². The highest BCUT2D eigenvalue weighted by Crippen LogP contribution is 2.16. The number of hydrogen-bond acceptors (Lipinski definition) is 4. The van der Waals surface area contributed by atoms with Crippen molar-refractivity contribution in [2.24, 2.45) is 0 Å². The minimum Gasteiger partial charge on any atom is -0.358 e. The molecule has 18 heavy (non-hydrogen) atoms. The topological polar surface area (TPSA) is 69.0 Å². The van der Waals surface area contributed by atoms with Crippen LogP contribution in [0.3, 0.4) is 0 Å². The molecule has 0 aliphatic rings. The molecule has 0 aromatic carbocycles. The van der Waals surface area contributed by atoms with Gasteiger partial charge in [0.15, 0.2) is 0 Å². The largest absolute Gasteiger partial charge is 0.358 e. The maximum Gasteiger partial charge on any atom is 0.244 e. The van der Waals surface area contributed by atoms with E-state index in [-0.39, 0.29) is 5.91 Å². The SMILES string of the molecule is CCN(C)C(=O)C(C)Nc1nccc(C)c1C#N. The van der Waals surface area contributed by atoms with Gasteiger partial charge in [0.2, 0.25) is 5.91 Å². The smallest absolute Gasteiger partial charge is 0.244 e. The number of aryl methyl sites for hydroxylation is 1. The van der Waals surface area contributed by atoms with Crippen molar-refractivity contribution in [3.63, 3.8) is 0 Å². The van der Waals surface area contributed by atoms with E-state index in [0.717, 1.165) is 5.56 Å². The van der Waals surface area contributed by atoms with E-state index in [9.17, 15) is 4.79 Å². The van der Waals surface area contributed by atoms with Gasteiger partial charge in [0, 0.05) is 19.8 Å². The summed E-state index contributed by atoms with van der Waals surface area (Å²) in [5.41, 5.74) is 1.33. The van der Waals surface area contributed by atoms with Gasteiger partial charge in [0.05, 0.1) is 5.56 Å². The second kappa shape index (κ2) is 6.01. The van der Waals surface area contributed by atoms with Crippen LogP contribution in [0, 0.1) is 18.3 Å². The summed E-state index contributed by atoms with van der Waals surface area (Å²) in [5, 5.41) is 12.1. The van der Waals surface area contributed by atoms with E-state index >= 15 is 0 Å². The molecular weight excluding hydrogens is 228 g/mol. The van der Waals surface area contributed by atoms with Gasteiger partial charge in [-0.1, -0.05) is 0 Å². The van der Waals surface area contributed by atoms with Crippen LogP contribution in [-0.4, -0.2) is 35.4 Å². The van der Waals surface area contributed by atoms with Crippen LogP contribution in [0.25, 0.3) is 0 Å². The average molecular weight is 246 g/mol. The summed E-state index contributed by atoms with van der Waals surface area (Å²) in [4.78, 5) is 17.7. The predicted octanol–water partition coefficient (Wildman–Crippen LogP) is 1.54. The van der Waals surface area contributed by atoms with Crippen molar-refractivity contribution in [3.8, 4) is 6.07 Å². The summed E-state index contributed by atoms with van der Waals surface area (Å²) in [6.07, 6.45) is 1.62. The third kappa shape index (κ3) is 2.98. The fourth-order valence-corrected chi connectivity index (χ4v) is 1.56. The zero-order chi connectivity index (χ0) is 13.7. The van der Waals surface area contributed by atoms with Gasteiger partial charge in [-0.15, -0.1) is 0 Å². The van der Waals surface area contributed by atoms with Gasteiger partial charge in [-0.3, -0.25) is 4.79 Å². The number of hydrogen-bond donors (Lipinski definition) is 1. The van der Waals surface area contributed by atoms with Crippen LogP contribution in [0.2, 0.25) is 0 Å². The zero-order valence-electron chi connectivity index (χ0n) is 11.2. The number of nitrogens with one attached hydrogen (secondary N) is 1. The van der Waals surface area contributed by atoms with E-state index in [0.29, 0.717) is 17.9 Å². The molecule has 1 aromatic heterocycles. The maximum absolute atomic E-state index is 11.9. The lowest BCUT2D eigenvalue weighted by atomic mass is 10.1. The van der Waals surface area contributed by atoms with Crippen molar-refractivity contribution in [1.29, 1.82) is 5.26 Å². The first-order chi connectivity index (χ1) is 8.51. The Balaban J connectivity index is 2.89. The fourth-order valence-electron chi connectivity index (χ4n) is 1.56. The van der Waals surface area contributed by atoms with Crippen LogP contribution in [0.4, 0.5) is 5.82 Å². The van der Waals surface area contributed by atoms with Crippen molar-refractivity contribution in [3.05, 3.63) is 23.4 Å². The van der Waals surface area contributed by atoms with Gasteiger partial charge in [0.1, 0.15) is 17.9 Å². The summed E-state index contributed by atoms with van der Waals surface area (Å²) < 4.78 is 0. The van der Waals surface area contributed by atoms with Crippen molar-refractivity contribution in [2.45, 2.75) is 26.8 Å². The van der Waals surface area contributed by atoms with E-state index in [4.69, 9.17) is 5.26 Å². The summed E-state index contributed by atoms with van der Waals surface area (Å²) in [6, 6.07) is 3.47. The second-order valence-corrected chi connectivity index (χ2v) is 4.18. The van der Waals surface area contributed by atoms with E-state index < -0.39 is 6.04 Å². The minimum absolute atomic E-state index is 0.0234. The third-order valence-electron chi connectivity index (χ3n) is 2.85. The van der Waals surface area contributed by atoms with Crippen LogP contribution in [0.15, 0.2) is 12.3 Å². The number of carbonyl (C=O) groups excluding carboxylic acids is 1. The van der Waals surface area contributed by atoms with Crippen LogP contribution < -0.4 is 5.32 Å². The Bertz CT molecular complexity index is 478. The number of anilines is 1. The van der Waals surface area contributed by atoms with Crippen molar-refractivity contribution in [1.82, 2.24) is 9.88 Å². The molecule has 0 aliphatic carbocycles. The summed E-state index contributed by atoms with van der Waals surface area (Å²) in [7, 11) is 1.75. The van der Waals surface area contributed by atoms with E-state index in [1.807, 2.05) is 13.8 Å². The molecule has 1 rings (SSSR count). The van der Waals surface area contributed by atoms with Crippen LogP contribution in [0.5, 0.6) is 0 Å². The highest BCUT2D eigenvalue weighted by atomic mass is 16.2. The Morgan fingerprint density at radius 1 is 1.67 bits per heavy atom. The molecule has 1 N–H and O–H groups in total. The van der Waals surface area contributed by atoms with Gasteiger partial charge in [-0.25, -0.2) is 4.98 Å². The number of pyridine rings is 1. The highest BCUT2D eigenvalue weighted by Gasteiger charge is 2.18. The summed E-state index contributed by atoms with van der Waals surface area (Å²) in [6.45, 7) is 6.17. The van der Waals surface area contributed by atoms with Gasteiger partial charge in [0.25, 0.3) is 0 Å². The normalized spacial score (nSPS) is 11.5. The molecule has 1 unspecified atom stereocenters. The summed E-state index contributed by atoms with van der Waals surface area (Å²) >= 11 is 0. The van der Waals surface area contributed by atoms with Crippen LogP contribution in [-0.2, 0) is 4.79 Å². The Kier molecular flexibility index (Phi) is 4.67. The van der Waals surface area contributed by atoms with Crippen molar-refractivity contribution < 1.29 is 4.79 Å². The number of rotatable bonds is 4. The van der Waals surface area contributed by atoms with Gasteiger partial charge in [-0.2, -0.15) is 5.26 Å². The lowest BCUT2D eigenvalue weighted by Gasteiger charge is -2.21. The van der Waals surface area contributed by atoms with E-state index in [2.05, 4.69) is 16.4 Å². The first kappa shape index (κ1) is 14.0. The molecule has 0 aliphatic heterocycles. The number of nitriles is 1. The van der Waals surface area contributed by atoms with Gasteiger partial charge >= 0.3 is 0 Å². The molecule has 0 spiro atoms. The quantitative estimate of drug-likeness (QED) is 0.875. The molecule has 1 aromatic rings. The lowest BCUT2D eigenvalue weighted by molar-refractivity contribution is -0.130. The molecule has 1 atom stereocenters. The lowest BCUT2D eigenvalue weighted by Crippen LogP contribution is -2.39. The molecule has 5 nitrogen and oxygen atoms in total. The first-order valence-corrected chi connectivity index (χ1v) is 5.88. The Morgan fingerprint density at radius 3 is 2.89 bits per heavy atom. The number of aromatic nitrogens is 1. The van der Waals surface area contributed by atoms with E-state index in [1.54, 1.807) is 31.1 Å². The summed E-state index contributed by atoms with van der Waals surface area (Å²) in [5.74, 6) is 0.438. The monoisotopic (exact) mass is 246 g/mol. The van der Waals surface area contributed by atoms with Crippen molar-refractivity contribution in [2.75, 3.05) is 18.9 Å². The Morgan fingerprint density at radius 2 is 2.33 bits per heavy atom. The average Bonchev–Trinajstić information content (AvgIpc) is 2.37. The molecule has 1 amide bonds. The molecule has 0 saturated carbocycles. The first-order valence-electron chi connectivity index (χ1n) is 5.88. The highest BCUT2D eigenvalue weighted by molar-refractivity contribution is 5.84. The number of likely N-dealkylation sites (N-methyl/N-ethyl adjacent to an activating group) is 1.